The van der Waals surface area contributed by atoms with Gasteiger partial charge in [0.2, 0.25) is 11.1 Å². The molecule has 2 aromatic heterocycles. The number of nitrogens with one attached hydrogen (secondary N) is 1. The molecule has 0 aliphatic carbocycles. The van der Waals surface area contributed by atoms with Crippen molar-refractivity contribution in [3.63, 3.8) is 0 Å². The lowest BCUT2D eigenvalue weighted by molar-refractivity contribution is -0.113. The first-order valence-corrected chi connectivity index (χ1v) is 10.4. The number of carbonyl (C=O) groups is 1. The summed E-state index contributed by atoms with van der Waals surface area (Å²) in [6, 6.07) is 13.8. The lowest BCUT2D eigenvalue weighted by Crippen LogP contribution is -2.16. The van der Waals surface area contributed by atoms with Gasteiger partial charge in [-0.15, -0.1) is 10.2 Å². The summed E-state index contributed by atoms with van der Waals surface area (Å²) in [6.07, 6.45) is 0. The summed E-state index contributed by atoms with van der Waals surface area (Å²) in [6.45, 7) is 6.00. The number of halogens is 1. The topological polar surface area (TPSA) is 72.2 Å². The number of hydrogen-bond acceptors (Lipinski definition) is 5. The van der Waals surface area contributed by atoms with Gasteiger partial charge in [-0.1, -0.05) is 29.5 Å². The van der Waals surface area contributed by atoms with Crippen LogP contribution in [0.2, 0.25) is 0 Å². The molecule has 0 fully saturated rings. The molecule has 0 aliphatic rings. The number of benzene rings is 2. The van der Waals surface area contributed by atoms with E-state index in [1.54, 1.807) is 28.8 Å². The second kappa shape index (κ2) is 8.23. The van der Waals surface area contributed by atoms with Crippen LogP contribution in [-0.2, 0) is 4.79 Å². The maximum Gasteiger partial charge on any atom is 0.234 e. The Balaban J connectivity index is 1.51. The average molecular weight is 422 g/mol. The van der Waals surface area contributed by atoms with E-state index < -0.39 is 0 Å². The highest BCUT2D eigenvalue weighted by atomic mass is 32.2. The highest BCUT2D eigenvalue weighted by Gasteiger charge is 2.13. The van der Waals surface area contributed by atoms with Gasteiger partial charge in [0.05, 0.1) is 11.4 Å². The quantitative estimate of drug-likeness (QED) is 0.477. The lowest BCUT2D eigenvalue weighted by atomic mass is 10.1. The zero-order chi connectivity index (χ0) is 21.3. The molecule has 4 rings (SSSR count). The molecular weight excluding hydrogens is 401 g/mol. The van der Waals surface area contributed by atoms with E-state index in [2.05, 4.69) is 20.6 Å². The fraction of sp³-hybridized carbons (Fsp3) is 0.182. The van der Waals surface area contributed by atoms with E-state index in [0.29, 0.717) is 16.5 Å². The van der Waals surface area contributed by atoms with E-state index in [1.807, 2.05) is 32.9 Å². The number of fused-ring (bicyclic) bond motifs is 1. The van der Waals surface area contributed by atoms with Gasteiger partial charge in [-0.05, 0) is 68.3 Å². The van der Waals surface area contributed by atoms with E-state index in [4.69, 9.17) is 0 Å². The van der Waals surface area contributed by atoms with Crippen LogP contribution in [0, 0.1) is 26.6 Å². The molecular formula is C22H20FN5OS. The second-order valence-electron chi connectivity index (χ2n) is 7.09. The summed E-state index contributed by atoms with van der Waals surface area (Å²) in [5, 5.41) is 16.3. The molecule has 0 aliphatic heterocycles. The van der Waals surface area contributed by atoms with Gasteiger partial charge in [0.15, 0.2) is 5.65 Å². The summed E-state index contributed by atoms with van der Waals surface area (Å²) < 4.78 is 14.8. The molecule has 30 heavy (non-hydrogen) atoms. The Labute approximate surface area is 177 Å². The number of hydrogen-bond donors (Lipinski definition) is 1. The van der Waals surface area contributed by atoms with Crippen molar-refractivity contribution in [2.75, 3.05) is 11.1 Å². The van der Waals surface area contributed by atoms with Crippen LogP contribution in [0.1, 0.15) is 16.7 Å². The molecule has 0 saturated heterocycles. The van der Waals surface area contributed by atoms with Gasteiger partial charge in [0.25, 0.3) is 0 Å². The Morgan fingerprint density at radius 3 is 2.43 bits per heavy atom. The first-order valence-electron chi connectivity index (χ1n) is 9.39. The van der Waals surface area contributed by atoms with Crippen LogP contribution in [0.3, 0.4) is 0 Å². The maximum absolute atomic E-state index is 13.2. The van der Waals surface area contributed by atoms with Gasteiger partial charge < -0.3 is 5.32 Å². The summed E-state index contributed by atoms with van der Waals surface area (Å²) in [7, 11) is 0. The Morgan fingerprint density at radius 2 is 1.73 bits per heavy atom. The zero-order valence-electron chi connectivity index (χ0n) is 16.8. The smallest absolute Gasteiger partial charge is 0.234 e. The fourth-order valence-electron chi connectivity index (χ4n) is 3.32. The molecule has 1 amide bonds. The van der Waals surface area contributed by atoms with Crippen LogP contribution in [0.25, 0.3) is 16.9 Å². The Morgan fingerprint density at radius 1 is 1.03 bits per heavy atom. The van der Waals surface area contributed by atoms with E-state index in [0.717, 1.165) is 27.9 Å². The molecule has 152 valence electrons. The molecule has 0 radical (unpaired) electrons. The lowest BCUT2D eigenvalue weighted by Gasteiger charge is -2.12. The molecule has 2 heterocycles. The standard InChI is InChI=1S/C22H20FN5OS/c1-13-10-14(2)21(15(3)11-13)24-20(29)12-30-22-26-25-19-9-8-18(27-28(19)22)16-4-6-17(23)7-5-16/h4-11H,12H2,1-3H3,(H,24,29). The number of rotatable bonds is 5. The maximum atomic E-state index is 13.2. The monoisotopic (exact) mass is 421 g/mol. The van der Waals surface area contributed by atoms with Crippen molar-refractivity contribution in [3.05, 3.63) is 71.0 Å². The van der Waals surface area contributed by atoms with Crippen molar-refractivity contribution >= 4 is 29.0 Å². The van der Waals surface area contributed by atoms with Crippen LogP contribution in [-0.4, -0.2) is 31.5 Å². The molecule has 0 unspecified atom stereocenters. The number of aryl methyl sites for hydroxylation is 3. The highest BCUT2D eigenvalue weighted by Crippen LogP contribution is 2.24. The van der Waals surface area contributed by atoms with Gasteiger partial charge in [-0.25, -0.2) is 4.39 Å². The van der Waals surface area contributed by atoms with Crippen molar-refractivity contribution in [2.24, 2.45) is 0 Å². The molecule has 0 spiro atoms. The molecule has 2 aromatic carbocycles. The van der Waals surface area contributed by atoms with E-state index in [-0.39, 0.29) is 17.5 Å². The minimum absolute atomic E-state index is 0.124. The number of anilines is 1. The van der Waals surface area contributed by atoms with E-state index in [1.165, 1.54) is 23.9 Å². The summed E-state index contributed by atoms with van der Waals surface area (Å²) in [4.78, 5) is 12.5. The van der Waals surface area contributed by atoms with Gasteiger partial charge in [0.1, 0.15) is 5.82 Å². The first-order chi connectivity index (χ1) is 14.4. The predicted octanol–water partition coefficient (Wildman–Crippen LogP) is 4.59. The van der Waals surface area contributed by atoms with Crippen molar-refractivity contribution in [1.82, 2.24) is 19.8 Å². The highest BCUT2D eigenvalue weighted by molar-refractivity contribution is 7.99. The molecule has 0 bridgehead atoms. The number of carbonyl (C=O) groups excluding carboxylic acids is 1. The third-order valence-corrected chi connectivity index (χ3v) is 5.57. The Kier molecular flexibility index (Phi) is 5.50. The molecule has 8 heteroatoms. The van der Waals surface area contributed by atoms with E-state index in [9.17, 15) is 9.18 Å². The second-order valence-corrected chi connectivity index (χ2v) is 8.03. The largest absolute Gasteiger partial charge is 0.325 e. The van der Waals surface area contributed by atoms with Crippen LogP contribution in [0.5, 0.6) is 0 Å². The Hall–Kier alpha value is -3.26. The summed E-state index contributed by atoms with van der Waals surface area (Å²) >= 11 is 1.26. The molecule has 0 atom stereocenters. The average Bonchev–Trinajstić information content (AvgIpc) is 3.12. The van der Waals surface area contributed by atoms with E-state index >= 15 is 0 Å². The van der Waals surface area contributed by atoms with Crippen LogP contribution in [0.15, 0.2) is 53.7 Å². The number of aromatic nitrogens is 4. The normalized spacial score (nSPS) is 11.1. The SMILES string of the molecule is Cc1cc(C)c(NC(=O)CSc2nnc3ccc(-c4ccc(F)cc4)nn23)c(C)c1. The van der Waals surface area contributed by atoms with Gasteiger partial charge >= 0.3 is 0 Å². The molecule has 0 saturated carbocycles. The number of nitrogens with zero attached hydrogens (tertiary/aromatic N) is 4. The zero-order valence-corrected chi connectivity index (χ0v) is 17.6. The number of amides is 1. The molecule has 1 N–H and O–H groups in total. The van der Waals surface area contributed by atoms with Crippen LogP contribution in [0.4, 0.5) is 10.1 Å². The minimum atomic E-state index is -0.301. The summed E-state index contributed by atoms with van der Waals surface area (Å²) in [5.74, 6) is -0.248. The minimum Gasteiger partial charge on any atom is -0.325 e. The predicted molar refractivity (Wildman–Crippen MR) is 116 cm³/mol. The van der Waals surface area contributed by atoms with Crippen molar-refractivity contribution in [2.45, 2.75) is 25.9 Å². The fourth-order valence-corrected chi connectivity index (χ4v) is 4.00. The molecule has 4 aromatic rings. The Bertz CT molecular complexity index is 1210. The van der Waals surface area contributed by atoms with Crippen LogP contribution < -0.4 is 5.32 Å². The third-order valence-electron chi connectivity index (χ3n) is 4.65. The van der Waals surface area contributed by atoms with Gasteiger partial charge in [0, 0.05) is 11.3 Å². The summed E-state index contributed by atoms with van der Waals surface area (Å²) in [5.41, 5.74) is 6.10. The molecule has 6 nitrogen and oxygen atoms in total. The van der Waals surface area contributed by atoms with Crippen LogP contribution >= 0.6 is 11.8 Å². The van der Waals surface area contributed by atoms with Gasteiger partial charge in [-0.2, -0.15) is 9.61 Å². The van der Waals surface area contributed by atoms with Gasteiger partial charge in [-0.3, -0.25) is 4.79 Å². The number of thioether (sulfide) groups is 1. The van der Waals surface area contributed by atoms with Crippen molar-refractivity contribution in [3.8, 4) is 11.3 Å². The van der Waals surface area contributed by atoms with Crippen molar-refractivity contribution in [1.29, 1.82) is 0 Å². The first kappa shape index (κ1) is 20.0. The van der Waals surface area contributed by atoms with Crippen molar-refractivity contribution < 1.29 is 9.18 Å². The third kappa shape index (κ3) is 4.18.